The molecule has 3 fully saturated rings. The summed E-state index contributed by atoms with van der Waals surface area (Å²) in [5, 5.41) is 6.72. The van der Waals surface area contributed by atoms with Gasteiger partial charge in [-0.1, -0.05) is 96.3 Å². The van der Waals surface area contributed by atoms with Crippen molar-refractivity contribution in [3.05, 3.63) is 0 Å². The molecule has 0 aromatic rings. The SMILES string of the molecule is CC1NC(CCCCNC(=O)CCCCCC(=O)C2CCCCCCCC2)C(=O)C1C1CCCCCCCCCC1. The van der Waals surface area contributed by atoms with Gasteiger partial charge in [-0.2, -0.15) is 0 Å². The predicted octanol–water partition coefficient (Wildman–Crippen LogP) is 8.62. The highest BCUT2D eigenvalue weighted by molar-refractivity contribution is 5.89. The second kappa shape index (κ2) is 20.6. The van der Waals surface area contributed by atoms with E-state index in [9.17, 15) is 14.4 Å². The molecular formula is C36H64N2O3. The zero-order valence-electron chi connectivity index (χ0n) is 26.7. The Labute approximate surface area is 252 Å². The summed E-state index contributed by atoms with van der Waals surface area (Å²) in [6, 6.07) is 0.289. The number of amides is 1. The summed E-state index contributed by atoms with van der Waals surface area (Å²) in [6.45, 7) is 2.92. The maximum atomic E-state index is 13.4. The summed E-state index contributed by atoms with van der Waals surface area (Å²) < 4.78 is 0. The molecule has 3 aliphatic rings. The first-order chi connectivity index (χ1) is 20.1. The highest BCUT2D eigenvalue weighted by Crippen LogP contribution is 2.34. The number of hydrogen-bond donors (Lipinski definition) is 2. The van der Waals surface area contributed by atoms with E-state index in [-0.39, 0.29) is 17.9 Å². The summed E-state index contributed by atoms with van der Waals surface area (Å²) in [5.74, 6) is 2.10. The highest BCUT2D eigenvalue weighted by Gasteiger charge is 2.42. The first kappa shape index (κ1) is 34.3. The van der Waals surface area contributed by atoms with Crippen LogP contribution in [0.2, 0.25) is 0 Å². The number of hydrogen-bond acceptors (Lipinski definition) is 4. The van der Waals surface area contributed by atoms with Crippen LogP contribution in [0.25, 0.3) is 0 Å². The van der Waals surface area contributed by atoms with Gasteiger partial charge in [0.2, 0.25) is 5.91 Å². The van der Waals surface area contributed by atoms with Crippen molar-refractivity contribution in [1.82, 2.24) is 10.6 Å². The van der Waals surface area contributed by atoms with Gasteiger partial charge in [0.05, 0.1) is 6.04 Å². The molecular weight excluding hydrogens is 508 g/mol. The number of nitrogens with one attached hydrogen (secondary N) is 2. The molecule has 5 nitrogen and oxygen atoms in total. The standard InChI is InChI=1S/C36H64N2O3/c1-29-35(31-23-15-10-4-2-3-5-11-16-24-31)36(41)32(38-29)25-19-20-28-37-34(40)27-18-12-17-26-33(39)30-21-13-8-6-7-9-14-22-30/h29-32,35,38H,2-28H2,1H3,(H,37,40). The van der Waals surface area contributed by atoms with Gasteiger partial charge >= 0.3 is 0 Å². The Kier molecular flexibility index (Phi) is 17.2. The number of rotatable bonds is 13. The van der Waals surface area contributed by atoms with Gasteiger partial charge in [-0.05, 0) is 70.6 Å². The highest BCUT2D eigenvalue weighted by atomic mass is 16.1. The lowest BCUT2D eigenvalue weighted by Crippen LogP contribution is -2.31. The van der Waals surface area contributed by atoms with Crippen molar-refractivity contribution in [2.45, 2.75) is 186 Å². The number of Topliss-reactive ketones (excluding diaryl/α,β-unsaturated/α-hetero) is 2. The van der Waals surface area contributed by atoms with E-state index in [4.69, 9.17) is 0 Å². The second-order valence-corrected chi connectivity index (χ2v) is 13.9. The normalized spacial score (nSPS) is 26.5. The van der Waals surface area contributed by atoms with Crippen LogP contribution in [-0.2, 0) is 14.4 Å². The third-order valence-electron chi connectivity index (χ3n) is 10.5. The van der Waals surface area contributed by atoms with Gasteiger partial charge in [0.15, 0.2) is 5.78 Å². The fourth-order valence-electron chi connectivity index (χ4n) is 7.94. The summed E-state index contributed by atoms with van der Waals surface area (Å²) in [6.07, 6.45) is 29.8. The van der Waals surface area contributed by atoms with E-state index in [2.05, 4.69) is 17.6 Å². The van der Waals surface area contributed by atoms with Crippen LogP contribution < -0.4 is 10.6 Å². The van der Waals surface area contributed by atoms with E-state index in [1.165, 1.54) is 103 Å². The van der Waals surface area contributed by atoms with Crippen LogP contribution in [0, 0.1) is 17.8 Å². The van der Waals surface area contributed by atoms with Crippen LogP contribution in [0.5, 0.6) is 0 Å². The molecule has 0 bridgehead atoms. The lowest BCUT2D eigenvalue weighted by atomic mass is 9.78. The average molecular weight is 573 g/mol. The number of ketones is 2. The average Bonchev–Trinajstić information content (AvgIpc) is 3.29. The topological polar surface area (TPSA) is 75.3 Å². The fourth-order valence-corrected chi connectivity index (χ4v) is 7.94. The van der Waals surface area contributed by atoms with E-state index in [0.717, 1.165) is 51.4 Å². The van der Waals surface area contributed by atoms with E-state index in [1.54, 1.807) is 0 Å². The second-order valence-electron chi connectivity index (χ2n) is 13.9. The predicted molar refractivity (Wildman–Crippen MR) is 170 cm³/mol. The molecule has 236 valence electrons. The van der Waals surface area contributed by atoms with Crippen LogP contribution in [0.4, 0.5) is 0 Å². The molecule has 1 heterocycles. The summed E-state index contributed by atoms with van der Waals surface area (Å²) in [7, 11) is 0. The molecule has 3 unspecified atom stereocenters. The summed E-state index contributed by atoms with van der Waals surface area (Å²) >= 11 is 0. The molecule has 0 radical (unpaired) electrons. The zero-order chi connectivity index (χ0) is 29.1. The van der Waals surface area contributed by atoms with Crippen LogP contribution in [0.15, 0.2) is 0 Å². The molecule has 3 atom stereocenters. The molecule has 5 heteroatoms. The van der Waals surface area contributed by atoms with Crippen molar-refractivity contribution in [2.24, 2.45) is 17.8 Å². The smallest absolute Gasteiger partial charge is 0.219 e. The molecule has 1 saturated heterocycles. The fraction of sp³-hybridized carbons (Fsp3) is 0.917. The van der Waals surface area contributed by atoms with Gasteiger partial charge < -0.3 is 10.6 Å². The van der Waals surface area contributed by atoms with Crippen molar-refractivity contribution >= 4 is 17.5 Å². The molecule has 1 aliphatic heterocycles. The molecule has 0 aromatic heterocycles. The van der Waals surface area contributed by atoms with E-state index in [0.29, 0.717) is 48.8 Å². The van der Waals surface area contributed by atoms with Gasteiger partial charge in [-0.25, -0.2) is 0 Å². The van der Waals surface area contributed by atoms with Gasteiger partial charge in [-0.15, -0.1) is 0 Å². The maximum absolute atomic E-state index is 13.4. The molecule has 0 aromatic carbocycles. The molecule has 1 amide bonds. The number of carbonyl (C=O) groups is 3. The Morgan fingerprint density at radius 3 is 1.83 bits per heavy atom. The van der Waals surface area contributed by atoms with Gasteiger partial charge in [0.25, 0.3) is 0 Å². The minimum Gasteiger partial charge on any atom is -0.356 e. The molecule has 41 heavy (non-hydrogen) atoms. The largest absolute Gasteiger partial charge is 0.356 e. The zero-order valence-corrected chi connectivity index (χ0v) is 26.7. The molecule has 2 aliphatic carbocycles. The quantitative estimate of drug-likeness (QED) is 0.217. The Bertz CT molecular complexity index is 731. The lowest BCUT2D eigenvalue weighted by Gasteiger charge is -2.25. The van der Waals surface area contributed by atoms with Crippen LogP contribution in [0.1, 0.15) is 174 Å². The van der Waals surface area contributed by atoms with Crippen LogP contribution in [-0.4, -0.2) is 36.1 Å². The van der Waals surface area contributed by atoms with Gasteiger partial charge in [0.1, 0.15) is 5.78 Å². The van der Waals surface area contributed by atoms with E-state index >= 15 is 0 Å². The van der Waals surface area contributed by atoms with Crippen LogP contribution in [0.3, 0.4) is 0 Å². The van der Waals surface area contributed by atoms with Crippen molar-refractivity contribution in [3.63, 3.8) is 0 Å². The first-order valence-electron chi connectivity index (χ1n) is 18.2. The number of carbonyl (C=O) groups excluding carboxylic acids is 3. The van der Waals surface area contributed by atoms with E-state index < -0.39 is 0 Å². The van der Waals surface area contributed by atoms with Crippen LogP contribution >= 0.6 is 0 Å². The molecule has 3 rings (SSSR count). The molecule has 2 saturated carbocycles. The first-order valence-corrected chi connectivity index (χ1v) is 18.2. The Morgan fingerprint density at radius 1 is 0.683 bits per heavy atom. The summed E-state index contributed by atoms with van der Waals surface area (Å²) in [4.78, 5) is 38.4. The summed E-state index contributed by atoms with van der Waals surface area (Å²) in [5.41, 5.74) is 0. The third-order valence-corrected chi connectivity index (χ3v) is 10.5. The van der Waals surface area contributed by atoms with Crippen molar-refractivity contribution in [1.29, 1.82) is 0 Å². The minimum atomic E-state index is -0.00142. The Morgan fingerprint density at radius 2 is 1.22 bits per heavy atom. The van der Waals surface area contributed by atoms with Crippen molar-refractivity contribution < 1.29 is 14.4 Å². The van der Waals surface area contributed by atoms with Crippen molar-refractivity contribution in [2.75, 3.05) is 6.54 Å². The van der Waals surface area contributed by atoms with Gasteiger partial charge in [-0.3, -0.25) is 14.4 Å². The van der Waals surface area contributed by atoms with E-state index in [1.807, 2.05) is 0 Å². The van der Waals surface area contributed by atoms with Crippen molar-refractivity contribution in [3.8, 4) is 0 Å². The third kappa shape index (κ3) is 13.3. The monoisotopic (exact) mass is 572 g/mol. The Hall–Kier alpha value is -1.23. The number of unbranched alkanes of at least 4 members (excludes halogenated alkanes) is 3. The van der Waals surface area contributed by atoms with Gasteiger partial charge in [0, 0.05) is 37.3 Å². The minimum absolute atomic E-state index is 0.00142. The maximum Gasteiger partial charge on any atom is 0.219 e. The molecule has 2 N–H and O–H groups in total. The lowest BCUT2D eigenvalue weighted by molar-refractivity contribution is -0.124. The Balaban J connectivity index is 1.23. The molecule has 0 spiro atoms.